The smallest absolute Gasteiger partial charge is 0.266 e. The number of fused-ring (bicyclic) bond motifs is 1. The summed E-state index contributed by atoms with van der Waals surface area (Å²) in [6.45, 7) is 0. The zero-order chi connectivity index (χ0) is 22.3. The lowest BCUT2D eigenvalue weighted by Gasteiger charge is -2.16. The first-order chi connectivity index (χ1) is 14.7. The molecule has 0 spiro atoms. The Balaban J connectivity index is 1.95. The lowest BCUT2D eigenvalue weighted by Crippen LogP contribution is -2.20. The first kappa shape index (κ1) is 21.0. The Labute approximate surface area is 182 Å². The van der Waals surface area contributed by atoms with Gasteiger partial charge in [0, 0.05) is 29.7 Å². The molecule has 0 fully saturated rings. The van der Waals surface area contributed by atoms with Gasteiger partial charge in [-0.2, -0.15) is 0 Å². The molecule has 0 aliphatic carbocycles. The number of anilines is 1. The molecule has 4 rings (SSSR count). The van der Waals surface area contributed by atoms with Crippen molar-refractivity contribution in [2.24, 2.45) is 0 Å². The summed E-state index contributed by atoms with van der Waals surface area (Å²) in [5, 5.41) is 3.65. The zero-order valence-corrected chi connectivity index (χ0v) is 18.0. The van der Waals surface area contributed by atoms with E-state index in [2.05, 4.69) is 30.3 Å². The van der Waals surface area contributed by atoms with E-state index in [0.29, 0.717) is 0 Å². The van der Waals surface area contributed by atoms with E-state index in [1.54, 1.807) is 0 Å². The topological polar surface area (TPSA) is 103 Å². The summed E-state index contributed by atoms with van der Waals surface area (Å²) in [6.07, 6.45) is 1.15. The summed E-state index contributed by atoms with van der Waals surface area (Å²) in [5.41, 5.74) is -0.553. The van der Waals surface area contributed by atoms with E-state index in [9.17, 15) is 22.0 Å². The molecule has 31 heavy (non-hydrogen) atoms. The number of hydrogen-bond acceptors (Lipinski definition) is 6. The second kappa shape index (κ2) is 7.78. The van der Waals surface area contributed by atoms with Crippen molar-refractivity contribution in [2.75, 3.05) is 11.8 Å². The zero-order valence-electron chi connectivity index (χ0n) is 15.6. The molecular formula is C19H12BrF2N3O5S. The number of ether oxygens (including phenoxy) is 1. The van der Waals surface area contributed by atoms with Crippen LogP contribution in [0.1, 0.15) is 0 Å². The second-order valence-corrected chi connectivity index (χ2v) is 8.78. The maximum atomic E-state index is 14.9. The van der Waals surface area contributed by atoms with Crippen molar-refractivity contribution in [1.82, 2.24) is 9.72 Å². The monoisotopic (exact) mass is 511 g/mol. The van der Waals surface area contributed by atoms with Gasteiger partial charge in [0.1, 0.15) is 28.5 Å². The molecule has 0 saturated carbocycles. The van der Waals surface area contributed by atoms with Crippen LogP contribution in [0.5, 0.6) is 5.75 Å². The van der Waals surface area contributed by atoms with E-state index in [0.717, 1.165) is 35.1 Å². The highest BCUT2D eigenvalue weighted by Gasteiger charge is 2.23. The van der Waals surface area contributed by atoms with Gasteiger partial charge < -0.3 is 9.26 Å². The number of methoxy groups -OCH3 is 1. The van der Waals surface area contributed by atoms with Gasteiger partial charge in [0.05, 0.1) is 22.8 Å². The molecule has 0 saturated heterocycles. The van der Waals surface area contributed by atoms with Crippen LogP contribution in [0.3, 0.4) is 0 Å². The highest BCUT2D eigenvalue weighted by atomic mass is 79.9. The van der Waals surface area contributed by atoms with Gasteiger partial charge in [-0.1, -0.05) is 5.16 Å². The maximum absolute atomic E-state index is 14.9. The molecule has 0 amide bonds. The average molecular weight is 512 g/mol. The molecule has 4 aromatic rings. The van der Waals surface area contributed by atoms with Crippen LogP contribution in [-0.2, 0) is 10.0 Å². The average Bonchev–Trinajstić information content (AvgIpc) is 3.21. The van der Waals surface area contributed by atoms with Crippen molar-refractivity contribution < 1.29 is 26.5 Å². The van der Waals surface area contributed by atoms with Gasteiger partial charge in [0.2, 0.25) is 0 Å². The molecule has 0 bridgehead atoms. The largest absolute Gasteiger partial charge is 0.495 e. The van der Waals surface area contributed by atoms with Gasteiger partial charge in [0.15, 0.2) is 5.82 Å². The van der Waals surface area contributed by atoms with Crippen LogP contribution in [0.4, 0.5) is 14.6 Å². The number of sulfonamides is 1. The van der Waals surface area contributed by atoms with Crippen LogP contribution < -0.4 is 15.0 Å². The Hall–Kier alpha value is -3.25. The Bertz CT molecular complexity index is 1470. The predicted octanol–water partition coefficient (Wildman–Crippen LogP) is 3.83. The molecule has 160 valence electrons. The van der Waals surface area contributed by atoms with Gasteiger partial charge >= 0.3 is 0 Å². The third-order valence-electron chi connectivity index (χ3n) is 4.38. The molecule has 8 nitrogen and oxygen atoms in total. The molecule has 0 radical (unpaired) electrons. The highest BCUT2D eigenvalue weighted by molar-refractivity contribution is 9.10. The summed E-state index contributed by atoms with van der Waals surface area (Å²) >= 11 is 3.04. The predicted molar refractivity (Wildman–Crippen MR) is 111 cm³/mol. The van der Waals surface area contributed by atoms with Crippen molar-refractivity contribution >= 4 is 42.7 Å². The highest BCUT2D eigenvalue weighted by Crippen LogP contribution is 2.32. The minimum atomic E-state index is -4.34. The molecule has 0 aliphatic heterocycles. The number of halogens is 3. The summed E-state index contributed by atoms with van der Waals surface area (Å²) < 4.78 is 67.3. The fourth-order valence-electron chi connectivity index (χ4n) is 3.01. The van der Waals surface area contributed by atoms with Crippen LogP contribution in [0.15, 0.2) is 67.4 Å². The molecule has 2 heterocycles. The van der Waals surface area contributed by atoms with E-state index in [1.165, 1.54) is 25.3 Å². The van der Waals surface area contributed by atoms with Gasteiger partial charge in [-0.3, -0.25) is 14.1 Å². The van der Waals surface area contributed by atoms with E-state index in [-0.39, 0.29) is 32.6 Å². The third-order valence-corrected chi connectivity index (χ3v) is 6.35. The fraction of sp³-hybridized carbons (Fsp3) is 0.0526. The number of rotatable bonds is 5. The Morgan fingerprint density at radius 3 is 2.58 bits per heavy atom. The summed E-state index contributed by atoms with van der Waals surface area (Å²) in [4.78, 5) is 11.9. The van der Waals surface area contributed by atoms with Crippen molar-refractivity contribution in [3.63, 3.8) is 0 Å². The van der Waals surface area contributed by atoms with Crippen molar-refractivity contribution in [1.29, 1.82) is 0 Å². The van der Waals surface area contributed by atoms with Gasteiger partial charge in [0.25, 0.3) is 15.6 Å². The SMILES string of the molecule is COc1cc(Br)c(F)cc1-n1c(=O)ccc2cc(S(=O)(=O)Nc3ccon3)c(F)cc21. The molecule has 0 aliphatic rings. The first-order valence-electron chi connectivity index (χ1n) is 8.53. The molecular weight excluding hydrogens is 500 g/mol. The molecule has 2 aromatic carbocycles. The molecule has 0 unspecified atom stereocenters. The summed E-state index contributed by atoms with van der Waals surface area (Å²) in [5.74, 6) is -1.78. The van der Waals surface area contributed by atoms with Crippen LogP contribution >= 0.6 is 15.9 Å². The normalized spacial score (nSPS) is 11.6. The number of nitrogens with one attached hydrogen (secondary N) is 1. The minimum Gasteiger partial charge on any atom is -0.495 e. The fourth-order valence-corrected chi connectivity index (χ4v) is 4.42. The van der Waals surface area contributed by atoms with Crippen LogP contribution in [-0.4, -0.2) is 25.3 Å². The Morgan fingerprint density at radius 2 is 1.90 bits per heavy atom. The quantitative estimate of drug-likeness (QED) is 0.436. The summed E-state index contributed by atoms with van der Waals surface area (Å²) in [6, 6.07) is 8.07. The van der Waals surface area contributed by atoms with Crippen LogP contribution in [0.25, 0.3) is 16.6 Å². The van der Waals surface area contributed by atoms with Gasteiger partial charge in [-0.25, -0.2) is 17.2 Å². The maximum Gasteiger partial charge on any atom is 0.266 e. The lowest BCUT2D eigenvalue weighted by molar-refractivity contribution is 0.411. The summed E-state index contributed by atoms with van der Waals surface area (Å²) in [7, 11) is -3.01. The van der Waals surface area contributed by atoms with Gasteiger partial charge in [-0.15, -0.1) is 0 Å². The van der Waals surface area contributed by atoms with Crippen molar-refractivity contribution in [2.45, 2.75) is 4.90 Å². The van der Waals surface area contributed by atoms with E-state index >= 15 is 0 Å². The van der Waals surface area contributed by atoms with Gasteiger partial charge in [-0.05, 0) is 34.1 Å². The van der Waals surface area contributed by atoms with Crippen LogP contribution in [0.2, 0.25) is 0 Å². The van der Waals surface area contributed by atoms with E-state index < -0.39 is 32.1 Å². The van der Waals surface area contributed by atoms with Crippen molar-refractivity contribution in [3.8, 4) is 11.4 Å². The Kier molecular flexibility index (Phi) is 5.27. The molecule has 0 atom stereocenters. The van der Waals surface area contributed by atoms with Crippen molar-refractivity contribution in [3.05, 3.63) is 75.2 Å². The number of benzene rings is 2. The third kappa shape index (κ3) is 3.79. The molecule has 12 heteroatoms. The first-order valence-corrected chi connectivity index (χ1v) is 10.8. The Morgan fingerprint density at radius 1 is 1.13 bits per heavy atom. The molecule has 1 N–H and O–H groups in total. The molecule has 2 aromatic heterocycles. The minimum absolute atomic E-state index is 0.0189. The number of pyridine rings is 1. The number of aromatic nitrogens is 2. The van der Waals surface area contributed by atoms with E-state index in [1.807, 2.05) is 0 Å². The second-order valence-electron chi connectivity index (χ2n) is 6.28. The standard InChI is InChI=1S/C19H12BrF2N3O5S/c1-29-16-7-11(20)12(21)8-15(16)25-14-9-13(22)17(6-10(14)2-3-19(25)26)31(27,28)24-18-4-5-30-23-18/h2-9H,1H3,(H,23,24). The van der Waals surface area contributed by atoms with Crippen LogP contribution in [0, 0.1) is 11.6 Å². The van der Waals surface area contributed by atoms with E-state index in [4.69, 9.17) is 4.74 Å². The lowest BCUT2D eigenvalue weighted by atomic mass is 10.2. The number of nitrogens with zero attached hydrogens (tertiary/aromatic N) is 2. The number of hydrogen-bond donors (Lipinski definition) is 1.